The van der Waals surface area contributed by atoms with Crippen LogP contribution in [0.3, 0.4) is 0 Å². The molecular weight excluding hydrogens is 276 g/mol. The van der Waals surface area contributed by atoms with Gasteiger partial charge >= 0.3 is 12.2 Å². The first kappa shape index (κ1) is 18.8. The Balaban J connectivity index is 4.70. The van der Waals surface area contributed by atoms with Crippen LogP contribution in [0.5, 0.6) is 0 Å². The van der Waals surface area contributed by atoms with Crippen LogP contribution in [0.15, 0.2) is 10.2 Å². The average molecular weight is 302 g/mol. The second-order valence-electron chi connectivity index (χ2n) is 4.70. The van der Waals surface area contributed by atoms with Gasteiger partial charge in [-0.25, -0.2) is 9.59 Å². The van der Waals surface area contributed by atoms with Crippen LogP contribution >= 0.6 is 0 Å². The lowest BCUT2D eigenvalue weighted by Crippen LogP contribution is -2.39. The summed E-state index contributed by atoms with van der Waals surface area (Å²) in [5.74, 6) is 0. The molecule has 0 radical (unpaired) electrons. The number of ether oxygens (including phenoxy) is 1. The summed E-state index contributed by atoms with van der Waals surface area (Å²) < 4.78 is 10.2. The monoisotopic (exact) mass is 302 g/mol. The predicted octanol–water partition coefficient (Wildman–Crippen LogP) is 4.91. The van der Waals surface area contributed by atoms with Crippen molar-refractivity contribution < 1.29 is 18.8 Å². The Morgan fingerprint density at radius 2 is 1.30 bits per heavy atom. The molecule has 0 N–H and O–H groups in total. The highest BCUT2D eigenvalue weighted by atomic mass is 28.4. The van der Waals surface area contributed by atoms with Gasteiger partial charge in [0.1, 0.15) is 0 Å². The summed E-state index contributed by atoms with van der Waals surface area (Å²) in [5.41, 5.74) is 0. The lowest BCUT2D eigenvalue weighted by atomic mass is 10.6. The zero-order valence-corrected chi connectivity index (χ0v) is 14.0. The summed E-state index contributed by atoms with van der Waals surface area (Å²) in [5, 5.41) is 6.49. The van der Waals surface area contributed by atoms with Gasteiger partial charge in [0.05, 0.1) is 6.61 Å². The minimum absolute atomic E-state index is 0.201. The molecule has 0 fully saturated rings. The van der Waals surface area contributed by atoms with E-state index in [1.54, 1.807) is 6.92 Å². The highest BCUT2D eigenvalue weighted by Gasteiger charge is 2.36. The summed E-state index contributed by atoms with van der Waals surface area (Å²) in [6.45, 7) is 8.11. The van der Waals surface area contributed by atoms with Crippen molar-refractivity contribution in [1.82, 2.24) is 0 Å². The number of carbonyl (C=O) groups is 2. The Bertz CT molecular complexity index is 317. The van der Waals surface area contributed by atoms with E-state index in [1.807, 2.05) is 0 Å². The number of hydrogen-bond donors (Lipinski definition) is 0. The maximum absolute atomic E-state index is 11.7. The molecule has 0 spiro atoms. The first-order valence-corrected chi connectivity index (χ1v) is 9.88. The van der Waals surface area contributed by atoms with Crippen LogP contribution in [-0.2, 0) is 9.16 Å². The summed E-state index contributed by atoms with van der Waals surface area (Å²) >= 11 is 0. The van der Waals surface area contributed by atoms with Gasteiger partial charge in [0.25, 0.3) is 8.32 Å². The first-order chi connectivity index (χ1) is 9.53. The second kappa shape index (κ2) is 10.5. The fraction of sp³-hybridized carbons (Fsp3) is 0.846. The summed E-state index contributed by atoms with van der Waals surface area (Å²) in [4.78, 5) is 22.7. The Morgan fingerprint density at radius 3 is 1.70 bits per heavy atom. The highest BCUT2D eigenvalue weighted by Crippen LogP contribution is 2.27. The average Bonchev–Trinajstić information content (AvgIpc) is 2.37. The molecule has 0 aliphatic rings. The molecule has 0 aliphatic carbocycles. The third-order valence-electron chi connectivity index (χ3n) is 2.90. The van der Waals surface area contributed by atoms with E-state index in [-0.39, 0.29) is 6.61 Å². The zero-order chi connectivity index (χ0) is 15.4. The van der Waals surface area contributed by atoms with Crippen molar-refractivity contribution in [2.45, 2.75) is 65.1 Å². The van der Waals surface area contributed by atoms with Crippen molar-refractivity contribution in [2.24, 2.45) is 10.2 Å². The van der Waals surface area contributed by atoms with Gasteiger partial charge in [-0.2, -0.15) is 0 Å². The topological polar surface area (TPSA) is 77.3 Å². The van der Waals surface area contributed by atoms with Gasteiger partial charge in [-0.3, -0.25) is 0 Å². The van der Waals surface area contributed by atoms with E-state index in [0.717, 1.165) is 37.4 Å². The molecule has 0 heterocycles. The number of hydrogen-bond acceptors (Lipinski definition) is 4. The molecule has 0 unspecified atom stereocenters. The van der Waals surface area contributed by atoms with E-state index in [2.05, 4.69) is 35.7 Å². The molecule has 0 aliphatic heterocycles. The molecule has 0 aromatic rings. The molecule has 116 valence electrons. The zero-order valence-electron chi connectivity index (χ0n) is 13.0. The molecule has 0 aromatic heterocycles. The van der Waals surface area contributed by atoms with Crippen molar-refractivity contribution in [1.29, 1.82) is 0 Å². The van der Waals surface area contributed by atoms with Gasteiger partial charge in [0.15, 0.2) is 0 Å². The van der Waals surface area contributed by atoms with Crippen LogP contribution in [-0.4, -0.2) is 27.1 Å². The maximum Gasteiger partial charge on any atom is 0.452 e. The molecule has 7 heteroatoms. The Kier molecular flexibility index (Phi) is 9.88. The molecule has 2 amide bonds. The number of amides is 2. The lowest BCUT2D eigenvalue weighted by molar-refractivity contribution is 0.160. The van der Waals surface area contributed by atoms with E-state index in [0.29, 0.717) is 0 Å². The van der Waals surface area contributed by atoms with Gasteiger partial charge in [-0.15, -0.1) is 0 Å². The molecule has 0 aromatic carbocycles. The van der Waals surface area contributed by atoms with Crippen LogP contribution in [0.25, 0.3) is 0 Å². The molecule has 6 nitrogen and oxygen atoms in total. The van der Waals surface area contributed by atoms with E-state index >= 15 is 0 Å². The summed E-state index contributed by atoms with van der Waals surface area (Å²) in [6.07, 6.45) is 1.32. The van der Waals surface area contributed by atoms with E-state index < -0.39 is 20.5 Å². The Morgan fingerprint density at radius 1 is 0.850 bits per heavy atom. The number of rotatable bonds is 8. The van der Waals surface area contributed by atoms with Crippen LogP contribution in [0.1, 0.15) is 47.0 Å². The van der Waals surface area contributed by atoms with Gasteiger partial charge in [-0.1, -0.05) is 50.3 Å². The SMILES string of the molecule is CCC[Si](CCC)(CCC)OC(=O)N=NC(=O)OCC. The van der Waals surface area contributed by atoms with Gasteiger partial charge < -0.3 is 9.16 Å². The molecule has 0 saturated carbocycles. The van der Waals surface area contributed by atoms with Crippen LogP contribution in [0.4, 0.5) is 9.59 Å². The van der Waals surface area contributed by atoms with Crippen molar-refractivity contribution in [3.63, 3.8) is 0 Å². The molecular formula is C13H26N2O4Si. The van der Waals surface area contributed by atoms with Gasteiger partial charge in [0.2, 0.25) is 0 Å². The van der Waals surface area contributed by atoms with Crippen LogP contribution < -0.4 is 0 Å². The molecule has 0 bridgehead atoms. The number of nitrogens with zero attached hydrogens (tertiary/aromatic N) is 2. The van der Waals surface area contributed by atoms with Crippen molar-refractivity contribution >= 4 is 20.5 Å². The van der Waals surface area contributed by atoms with Crippen LogP contribution in [0, 0.1) is 0 Å². The largest absolute Gasteiger partial charge is 0.501 e. The number of carbonyl (C=O) groups excluding carboxylic acids is 2. The third kappa shape index (κ3) is 7.37. The Labute approximate surface area is 122 Å². The van der Waals surface area contributed by atoms with Crippen LogP contribution in [0.2, 0.25) is 18.1 Å². The summed E-state index contributed by atoms with van der Waals surface area (Å²) in [6, 6.07) is 2.78. The molecule has 0 rings (SSSR count). The minimum atomic E-state index is -2.10. The fourth-order valence-electron chi connectivity index (χ4n) is 2.33. The Hall–Kier alpha value is -1.24. The first-order valence-electron chi connectivity index (χ1n) is 7.35. The predicted molar refractivity (Wildman–Crippen MR) is 79.4 cm³/mol. The van der Waals surface area contributed by atoms with Crippen molar-refractivity contribution in [3.8, 4) is 0 Å². The smallest absolute Gasteiger partial charge is 0.452 e. The highest BCUT2D eigenvalue weighted by molar-refractivity contribution is 6.75. The van der Waals surface area contributed by atoms with E-state index in [1.165, 1.54) is 0 Å². The van der Waals surface area contributed by atoms with Crippen molar-refractivity contribution in [3.05, 3.63) is 0 Å². The quantitative estimate of drug-likeness (QED) is 0.471. The third-order valence-corrected chi connectivity index (χ3v) is 7.74. The van der Waals surface area contributed by atoms with Gasteiger partial charge in [-0.05, 0) is 25.1 Å². The van der Waals surface area contributed by atoms with E-state index in [9.17, 15) is 9.59 Å². The minimum Gasteiger partial charge on any atom is -0.501 e. The molecule has 20 heavy (non-hydrogen) atoms. The lowest BCUT2D eigenvalue weighted by Gasteiger charge is -2.29. The van der Waals surface area contributed by atoms with E-state index in [4.69, 9.17) is 4.43 Å². The fourth-order valence-corrected chi connectivity index (χ4v) is 6.54. The van der Waals surface area contributed by atoms with Crippen molar-refractivity contribution in [2.75, 3.05) is 6.61 Å². The molecule has 0 saturated heterocycles. The normalized spacial score (nSPS) is 11.6. The standard InChI is InChI=1S/C13H26N2O4Si/c1-5-9-20(10-6-2,11-7-3)19-13(17)15-14-12(16)18-8-4/h5-11H2,1-4H3. The summed E-state index contributed by atoms with van der Waals surface area (Å²) in [7, 11) is -2.10. The molecule has 0 atom stereocenters. The van der Waals surface area contributed by atoms with Gasteiger partial charge in [0, 0.05) is 0 Å². The number of azo groups is 1. The second-order valence-corrected chi connectivity index (χ2v) is 8.77. The maximum atomic E-state index is 11.7.